The molecule has 1 aromatic carbocycles. The van der Waals surface area contributed by atoms with Crippen LogP contribution in [0.2, 0.25) is 0 Å². The molecule has 1 aromatic rings. The zero-order valence-electron chi connectivity index (χ0n) is 9.12. The highest BCUT2D eigenvalue weighted by Gasteiger charge is 2.30. The lowest BCUT2D eigenvalue weighted by molar-refractivity contribution is -0.530. The van der Waals surface area contributed by atoms with Gasteiger partial charge in [-0.05, 0) is 5.56 Å². The van der Waals surface area contributed by atoms with E-state index in [-0.39, 0.29) is 0 Å². The van der Waals surface area contributed by atoms with Crippen LogP contribution in [0.25, 0.3) is 0 Å². The van der Waals surface area contributed by atoms with E-state index in [1.165, 1.54) is 13.8 Å². The first-order valence-electron chi connectivity index (χ1n) is 4.88. The standard InChI is InChI=1S/C11H13NO4/c1-8(12(14)15)11(16-9(2)13)10-6-4-3-5-7-10/h3-8,11H,1-2H3/t8-,11+/m1/s1. The molecule has 0 radical (unpaired) electrons. The Kier molecular flexibility index (Phi) is 3.99. The van der Waals surface area contributed by atoms with Crippen molar-refractivity contribution in [3.8, 4) is 0 Å². The average Bonchev–Trinajstić information content (AvgIpc) is 2.26. The van der Waals surface area contributed by atoms with Gasteiger partial charge in [0.2, 0.25) is 0 Å². The number of ether oxygens (including phenoxy) is 1. The molecular weight excluding hydrogens is 210 g/mol. The van der Waals surface area contributed by atoms with Gasteiger partial charge in [-0.25, -0.2) is 0 Å². The fourth-order valence-electron chi connectivity index (χ4n) is 1.38. The second kappa shape index (κ2) is 5.25. The Morgan fingerprint density at radius 3 is 2.38 bits per heavy atom. The highest BCUT2D eigenvalue weighted by atomic mass is 16.6. The van der Waals surface area contributed by atoms with E-state index in [1.54, 1.807) is 30.3 Å². The Bertz CT molecular complexity index is 377. The summed E-state index contributed by atoms with van der Waals surface area (Å²) in [5.74, 6) is -0.525. The van der Waals surface area contributed by atoms with Crippen LogP contribution in [0.4, 0.5) is 0 Å². The molecule has 0 N–H and O–H groups in total. The van der Waals surface area contributed by atoms with Crippen molar-refractivity contribution in [3.05, 3.63) is 46.0 Å². The summed E-state index contributed by atoms with van der Waals surface area (Å²) in [6.07, 6.45) is -0.839. The summed E-state index contributed by atoms with van der Waals surface area (Å²) in [4.78, 5) is 21.2. The van der Waals surface area contributed by atoms with Crippen molar-refractivity contribution in [3.63, 3.8) is 0 Å². The lowest BCUT2D eigenvalue weighted by Crippen LogP contribution is -2.27. The molecule has 5 nitrogen and oxygen atoms in total. The summed E-state index contributed by atoms with van der Waals surface area (Å²) < 4.78 is 4.98. The van der Waals surface area contributed by atoms with Crippen molar-refractivity contribution in [1.29, 1.82) is 0 Å². The van der Waals surface area contributed by atoms with Gasteiger partial charge in [0.1, 0.15) is 0 Å². The van der Waals surface area contributed by atoms with Gasteiger partial charge in [0.15, 0.2) is 6.10 Å². The van der Waals surface area contributed by atoms with Gasteiger partial charge >= 0.3 is 5.97 Å². The average molecular weight is 223 g/mol. The molecule has 0 bridgehead atoms. The minimum absolute atomic E-state index is 0.458. The minimum atomic E-state index is -0.966. The smallest absolute Gasteiger partial charge is 0.303 e. The fourth-order valence-corrected chi connectivity index (χ4v) is 1.38. The molecule has 0 aliphatic rings. The first kappa shape index (κ1) is 12.2. The normalized spacial score (nSPS) is 13.9. The van der Waals surface area contributed by atoms with Crippen molar-refractivity contribution < 1.29 is 14.5 Å². The summed E-state index contributed by atoms with van der Waals surface area (Å²) in [5, 5.41) is 10.7. The number of carbonyl (C=O) groups is 1. The molecule has 86 valence electrons. The van der Waals surface area contributed by atoms with Crippen molar-refractivity contribution in [2.45, 2.75) is 26.0 Å². The summed E-state index contributed by atoms with van der Waals surface area (Å²) in [7, 11) is 0. The largest absolute Gasteiger partial charge is 0.450 e. The molecule has 1 rings (SSSR count). The van der Waals surface area contributed by atoms with E-state index >= 15 is 0 Å². The Morgan fingerprint density at radius 2 is 1.94 bits per heavy atom. The van der Waals surface area contributed by atoms with Gasteiger partial charge in [0.25, 0.3) is 6.04 Å². The SMILES string of the molecule is CC(=O)O[C@H](c1ccccc1)[C@@H](C)[N+](=O)[O-]. The second-order valence-electron chi connectivity index (χ2n) is 3.47. The quantitative estimate of drug-likeness (QED) is 0.444. The second-order valence-corrected chi connectivity index (χ2v) is 3.47. The summed E-state index contributed by atoms with van der Waals surface area (Å²) in [6.45, 7) is 2.66. The van der Waals surface area contributed by atoms with Gasteiger partial charge in [-0.3, -0.25) is 14.9 Å². The summed E-state index contributed by atoms with van der Waals surface area (Å²) in [5.41, 5.74) is 0.627. The van der Waals surface area contributed by atoms with Gasteiger partial charge in [-0.1, -0.05) is 30.3 Å². The van der Waals surface area contributed by atoms with E-state index in [0.717, 1.165) is 0 Å². The number of hydrogen-bond acceptors (Lipinski definition) is 4. The Labute approximate surface area is 93.2 Å². The lowest BCUT2D eigenvalue weighted by atomic mass is 10.0. The molecule has 0 saturated carbocycles. The predicted molar refractivity (Wildman–Crippen MR) is 57.4 cm³/mol. The van der Waals surface area contributed by atoms with Crippen molar-refractivity contribution >= 4 is 5.97 Å². The number of rotatable bonds is 4. The summed E-state index contributed by atoms with van der Waals surface area (Å²) >= 11 is 0. The molecule has 0 spiro atoms. The highest BCUT2D eigenvalue weighted by Crippen LogP contribution is 2.22. The van der Waals surface area contributed by atoms with Crippen LogP contribution in [-0.2, 0) is 9.53 Å². The molecule has 0 unspecified atom stereocenters. The van der Waals surface area contributed by atoms with Crippen LogP contribution in [0.5, 0.6) is 0 Å². The van der Waals surface area contributed by atoms with E-state index in [4.69, 9.17) is 4.74 Å². The first-order valence-corrected chi connectivity index (χ1v) is 4.88. The molecule has 0 amide bonds. The number of carbonyl (C=O) groups excluding carboxylic acids is 1. The van der Waals surface area contributed by atoms with Crippen molar-refractivity contribution in [2.75, 3.05) is 0 Å². The van der Waals surface area contributed by atoms with Crippen LogP contribution < -0.4 is 0 Å². The van der Waals surface area contributed by atoms with Crippen LogP contribution in [0.15, 0.2) is 30.3 Å². The minimum Gasteiger partial charge on any atom is -0.450 e. The third kappa shape index (κ3) is 3.05. The molecule has 0 heterocycles. The van der Waals surface area contributed by atoms with E-state index in [2.05, 4.69) is 0 Å². The van der Waals surface area contributed by atoms with Crippen LogP contribution >= 0.6 is 0 Å². The van der Waals surface area contributed by atoms with Gasteiger partial charge in [0.05, 0.1) is 0 Å². The maximum Gasteiger partial charge on any atom is 0.303 e. The van der Waals surface area contributed by atoms with Crippen LogP contribution in [0.1, 0.15) is 25.5 Å². The third-order valence-corrected chi connectivity index (χ3v) is 2.19. The van der Waals surface area contributed by atoms with Gasteiger partial charge < -0.3 is 4.74 Å². The van der Waals surface area contributed by atoms with E-state index < -0.39 is 23.0 Å². The van der Waals surface area contributed by atoms with Gasteiger partial charge in [-0.15, -0.1) is 0 Å². The molecule has 5 heteroatoms. The predicted octanol–water partition coefficient (Wildman–Crippen LogP) is 1.96. The molecule has 0 aromatic heterocycles. The molecular formula is C11H13NO4. The monoisotopic (exact) mass is 223 g/mol. The molecule has 0 fully saturated rings. The van der Waals surface area contributed by atoms with Crippen molar-refractivity contribution in [1.82, 2.24) is 0 Å². The zero-order chi connectivity index (χ0) is 12.1. The van der Waals surface area contributed by atoms with Gasteiger partial charge in [0, 0.05) is 18.8 Å². The number of benzene rings is 1. The van der Waals surface area contributed by atoms with Crippen LogP contribution in [0, 0.1) is 10.1 Å². The number of esters is 1. The fraction of sp³-hybridized carbons (Fsp3) is 0.364. The first-order chi connectivity index (χ1) is 7.52. The molecule has 0 saturated heterocycles. The van der Waals surface area contributed by atoms with Crippen LogP contribution in [-0.4, -0.2) is 16.9 Å². The third-order valence-electron chi connectivity index (χ3n) is 2.19. The topological polar surface area (TPSA) is 69.4 Å². The van der Waals surface area contributed by atoms with E-state index in [0.29, 0.717) is 5.56 Å². The van der Waals surface area contributed by atoms with E-state index in [9.17, 15) is 14.9 Å². The maximum atomic E-state index is 10.9. The van der Waals surface area contributed by atoms with E-state index in [1.807, 2.05) is 0 Å². The molecule has 0 aliphatic heterocycles. The number of nitrogens with zero attached hydrogens (tertiary/aromatic N) is 1. The maximum absolute atomic E-state index is 10.9. The molecule has 0 aliphatic carbocycles. The summed E-state index contributed by atoms with van der Waals surface area (Å²) in [6, 6.07) is 7.73. The Morgan fingerprint density at radius 1 is 1.38 bits per heavy atom. The van der Waals surface area contributed by atoms with Crippen molar-refractivity contribution in [2.24, 2.45) is 0 Å². The number of hydrogen-bond donors (Lipinski definition) is 0. The molecule has 16 heavy (non-hydrogen) atoms. The van der Waals surface area contributed by atoms with Crippen LogP contribution in [0.3, 0.4) is 0 Å². The Hall–Kier alpha value is -1.91. The lowest BCUT2D eigenvalue weighted by Gasteiger charge is -2.18. The highest BCUT2D eigenvalue weighted by molar-refractivity contribution is 5.66. The Balaban J connectivity index is 2.96. The number of nitro groups is 1. The zero-order valence-corrected chi connectivity index (χ0v) is 9.12. The van der Waals surface area contributed by atoms with Gasteiger partial charge in [-0.2, -0.15) is 0 Å². The molecule has 2 atom stereocenters.